The molecule has 0 atom stereocenters. The quantitative estimate of drug-likeness (QED) is 0.791. The van der Waals surface area contributed by atoms with Crippen LogP contribution in [0.1, 0.15) is 11.1 Å². The van der Waals surface area contributed by atoms with Crippen molar-refractivity contribution < 1.29 is 14.4 Å². The molecule has 3 heteroatoms. The molecule has 0 spiro atoms. The molecular weight excluding hydrogens is 241 g/mol. The van der Waals surface area contributed by atoms with E-state index in [2.05, 4.69) is 17.4 Å². The second kappa shape index (κ2) is 6.90. The maximum Gasteiger partial charge on any atom is 0.123 e. The number of halogens is 1. The normalized spacial score (nSPS) is 10.4. The van der Waals surface area contributed by atoms with Gasteiger partial charge in [0.25, 0.3) is 0 Å². The maximum atomic E-state index is 13.0. The minimum Gasteiger partial charge on any atom is -0.497 e. The highest BCUT2D eigenvalue weighted by molar-refractivity contribution is 5.26. The van der Waals surface area contributed by atoms with Crippen LogP contribution in [0.2, 0.25) is 0 Å². The van der Waals surface area contributed by atoms with Crippen molar-refractivity contribution in [3.8, 4) is 5.75 Å². The van der Waals surface area contributed by atoms with Gasteiger partial charge in [-0.05, 0) is 42.0 Å². The molecule has 19 heavy (non-hydrogen) atoms. The fourth-order valence-electron chi connectivity index (χ4n) is 1.99. The molecule has 0 radical (unpaired) electrons. The Hall–Kier alpha value is -1.87. The van der Waals surface area contributed by atoms with Gasteiger partial charge in [-0.2, -0.15) is 0 Å². The average Bonchev–Trinajstić information content (AvgIpc) is 2.44. The summed E-state index contributed by atoms with van der Waals surface area (Å²) in [5.41, 5.74) is 2.31. The van der Waals surface area contributed by atoms with E-state index in [0.717, 1.165) is 30.8 Å². The Morgan fingerprint density at radius 3 is 2.53 bits per heavy atom. The molecule has 0 saturated carbocycles. The molecule has 2 aromatic carbocycles. The van der Waals surface area contributed by atoms with Crippen LogP contribution in [-0.4, -0.2) is 13.7 Å². The molecular formula is C16H19FNO+. The lowest BCUT2D eigenvalue weighted by Crippen LogP contribution is -2.83. The first kappa shape index (κ1) is 13.6. The number of rotatable bonds is 6. The molecule has 2 aromatic rings. The zero-order chi connectivity index (χ0) is 13.5. The summed E-state index contributed by atoms with van der Waals surface area (Å²) in [6.45, 7) is 1.88. The van der Waals surface area contributed by atoms with Crippen LogP contribution in [0.4, 0.5) is 4.39 Å². The maximum absolute atomic E-state index is 13.0. The van der Waals surface area contributed by atoms with E-state index in [1.54, 1.807) is 19.2 Å². The lowest BCUT2D eigenvalue weighted by atomic mass is 10.1. The van der Waals surface area contributed by atoms with Crippen LogP contribution in [-0.2, 0) is 13.0 Å². The van der Waals surface area contributed by atoms with Crippen LogP contribution in [0.5, 0.6) is 5.75 Å². The van der Waals surface area contributed by atoms with Gasteiger partial charge in [0, 0.05) is 12.0 Å². The zero-order valence-electron chi connectivity index (χ0n) is 11.1. The fraction of sp³-hybridized carbons (Fsp3) is 0.250. The van der Waals surface area contributed by atoms with Crippen molar-refractivity contribution in [3.63, 3.8) is 0 Å². The van der Waals surface area contributed by atoms with E-state index in [1.165, 1.54) is 11.6 Å². The first-order valence-electron chi connectivity index (χ1n) is 6.47. The molecule has 100 valence electrons. The third-order valence-corrected chi connectivity index (χ3v) is 3.07. The van der Waals surface area contributed by atoms with E-state index in [-0.39, 0.29) is 5.82 Å². The van der Waals surface area contributed by atoms with E-state index in [1.807, 2.05) is 18.2 Å². The largest absolute Gasteiger partial charge is 0.497 e. The van der Waals surface area contributed by atoms with E-state index < -0.39 is 0 Å². The van der Waals surface area contributed by atoms with Gasteiger partial charge in [-0.1, -0.05) is 12.1 Å². The van der Waals surface area contributed by atoms with E-state index in [0.29, 0.717) is 0 Å². The summed E-state index contributed by atoms with van der Waals surface area (Å²) in [5, 5.41) is 2.23. The van der Waals surface area contributed by atoms with Crippen molar-refractivity contribution in [1.29, 1.82) is 0 Å². The van der Waals surface area contributed by atoms with Crippen molar-refractivity contribution in [1.82, 2.24) is 0 Å². The molecule has 0 fully saturated rings. The standard InChI is InChI=1S/C16H18FNO/c1-19-16-7-5-14(6-8-16)12-18-10-9-13-3-2-4-15(17)11-13/h2-8,11,18H,9-10,12H2,1H3/p+1. The van der Waals surface area contributed by atoms with Gasteiger partial charge in [-0.3, -0.25) is 0 Å². The number of ether oxygens (including phenoxy) is 1. The third-order valence-electron chi connectivity index (χ3n) is 3.07. The van der Waals surface area contributed by atoms with Crippen LogP contribution in [0.15, 0.2) is 48.5 Å². The number of quaternary nitrogens is 1. The van der Waals surface area contributed by atoms with E-state index in [9.17, 15) is 4.39 Å². The first-order valence-corrected chi connectivity index (χ1v) is 6.47. The number of benzene rings is 2. The molecule has 0 aromatic heterocycles. The molecule has 0 aliphatic rings. The van der Waals surface area contributed by atoms with Gasteiger partial charge in [0.15, 0.2) is 0 Å². The van der Waals surface area contributed by atoms with Crippen LogP contribution in [0.25, 0.3) is 0 Å². The van der Waals surface area contributed by atoms with Crippen molar-refractivity contribution in [2.45, 2.75) is 13.0 Å². The minimum absolute atomic E-state index is 0.160. The number of nitrogens with two attached hydrogens (primary N) is 1. The fourth-order valence-corrected chi connectivity index (χ4v) is 1.99. The summed E-state index contributed by atoms with van der Waals surface area (Å²) >= 11 is 0. The van der Waals surface area contributed by atoms with Gasteiger partial charge < -0.3 is 10.1 Å². The number of hydrogen-bond acceptors (Lipinski definition) is 1. The highest BCUT2D eigenvalue weighted by Gasteiger charge is 1.99. The van der Waals surface area contributed by atoms with Crippen molar-refractivity contribution in [3.05, 3.63) is 65.5 Å². The van der Waals surface area contributed by atoms with Gasteiger partial charge in [-0.15, -0.1) is 0 Å². The lowest BCUT2D eigenvalue weighted by molar-refractivity contribution is -0.670. The molecule has 0 unspecified atom stereocenters. The molecule has 0 bridgehead atoms. The highest BCUT2D eigenvalue weighted by Crippen LogP contribution is 2.10. The summed E-state index contributed by atoms with van der Waals surface area (Å²) in [7, 11) is 1.67. The summed E-state index contributed by atoms with van der Waals surface area (Å²) in [5.74, 6) is 0.719. The second-order valence-corrected chi connectivity index (χ2v) is 4.51. The molecule has 2 rings (SSSR count). The Balaban J connectivity index is 1.74. The summed E-state index contributed by atoms with van der Waals surface area (Å²) in [6, 6.07) is 14.9. The summed E-state index contributed by atoms with van der Waals surface area (Å²) in [4.78, 5) is 0. The monoisotopic (exact) mass is 260 g/mol. The first-order chi connectivity index (χ1) is 9.28. The Morgan fingerprint density at radius 1 is 1.05 bits per heavy atom. The Labute approximate surface area is 113 Å². The molecule has 2 nitrogen and oxygen atoms in total. The topological polar surface area (TPSA) is 25.8 Å². The Morgan fingerprint density at radius 2 is 1.84 bits per heavy atom. The summed E-state index contributed by atoms with van der Waals surface area (Å²) < 4.78 is 18.1. The number of methoxy groups -OCH3 is 1. The Bertz CT molecular complexity index is 510. The molecule has 0 amide bonds. The van der Waals surface area contributed by atoms with Gasteiger partial charge in [0.2, 0.25) is 0 Å². The van der Waals surface area contributed by atoms with Crippen LogP contribution >= 0.6 is 0 Å². The van der Waals surface area contributed by atoms with Gasteiger partial charge >= 0.3 is 0 Å². The third kappa shape index (κ3) is 4.38. The molecule has 0 heterocycles. The van der Waals surface area contributed by atoms with Gasteiger partial charge in [0.1, 0.15) is 18.1 Å². The SMILES string of the molecule is COc1ccc(C[NH2+]CCc2cccc(F)c2)cc1. The lowest BCUT2D eigenvalue weighted by Gasteiger charge is -2.04. The van der Waals surface area contributed by atoms with E-state index in [4.69, 9.17) is 4.74 Å². The van der Waals surface area contributed by atoms with Crippen molar-refractivity contribution in [2.75, 3.05) is 13.7 Å². The smallest absolute Gasteiger partial charge is 0.123 e. The predicted molar refractivity (Wildman–Crippen MR) is 73.6 cm³/mol. The van der Waals surface area contributed by atoms with Crippen molar-refractivity contribution in [2.24, 2.45) is 0 Å². The van der Waals surface area contributed by atoms with Gasteiger partial charge in [0.05, 0.1) is 13.7 Å². The van der Waals surface area contributed by atoms with Crippen LogP contribution < -0.4 is 10.1 Å². The van der Waals surface area contributed by atoms with E-state index >= 15 is 0 Å². The average molecular weight is 260 g/mol. The van der Waals surface area contributed by atoms with Crippen LogP contribution in [0, 0.1) is 5.82 Å². The van der Waals surface area contributed by atoms with Gasteiger partial charge in [-0.25, -0.2) is 4.39 Å². The Kier molecular flexibility index (Phi) is 4.93. The zero-order valence-corrected chi connectivity index (χ0v) is 11.1. The molecule has 0 aliphatic heterocycles. The molecule has 2 N–H and O–H groups in total. The molecule has 0 saturated heterocycles. The highest BCUT2D eigenvalue weighted by atomic mass is 19.1. The summed E-state index contributed by atoms with van der Waals surface area (Å²) in [6.07, 6.45) is 0.883. The number of hydrogen-bond donors (Lipinski definition) is 1. The predicted octanol–water partition coefficient (Wildman–Crippen LogP) is 2.14. The van der Waals surface area contributed by atoms with Crippen LogP contribution in [0.3, 0.4) is 0 Å². The molecule has 0 aliphatic carbocycles. The second-order valence-electron chi connectivity index (χ2n) is 4.51. The minimum atomic E-state index is -0.160. The van der Waals surface area contributed by atoms with Crippen molar-refractivity contribution >= 4 is 0 Å².